The summed E-state index contributed by atoms with van der Waals surface area (Å²) in [5.41, 5.74) is 6.51. The molecule has 1 unspecified atom stereocenters. The highest BCUT2D eigenvalue weighted by Gasteiger charge is 2.19. The molecule has 0 fully saturated rings. The zero-order valence-electron chi connectivity index (χ0n) is 8.62. The van der Waals surface area contributed by atoms with Crippen molar-refractivity contribution in [2.75, 3.05) is 13.7 Å². The third-order valence-corrected chi connectivity index (χ3v) is 2.61. The second-order valence-corrected chi connectivity index (χ2v) is 3.60. The number of ether oxygens (including phenoxy) is 1. The molecule has 0 radical (unpaired) electrons. The van der Waals surface area contributed by atoms with E-state index in [9.17, 15) is 10.2 Å². The standard InChI is InChI=1S/C10H14ClNO3/c1-5-3-7(15-2)10(14)9(11)8(5)6(13)4-12/h3,6,13-14H,4,12H2,1-2H3. The SMILES string of the molecule is COc1cc(C)c(C(O)CN)c(Cl)c1O. The Kier molecular flexibility index (Phi) is 3.79. The number of aliphatic hydroxyl groups excluding tert-OH is 1. The summed E-state index contributed by atoms with van der Waals surface area (Å²) >= 11 is 5.91. The molecule has 84 valence electrons. The van der Waals surface area contributed by atoms with Crippen LogP contribution in [0, 0.1) is 6.92 Å². The van der Waals surface area contributed by atoms with Crippen LogP contribution in [0.3, 0.4) is 0 Å². The molecule has 4 N–H and O–H groups in total. The molecule has 0 aliphatic rings. The maximum atomic E-state index is 9.64. The van der Waals surface area contributed by atoms with Crippen LogP contribution in [0.1, 0.15) is 17.2 Å². The van der Waals surface area contributed by atoms with Crippen molar-refractivity contribution < 1.29 is 14.9 Å². The van der Waals surface area contributed by atoms with Crippen molar-refractivity contribution in [3.8, 4) is 11.5 Å². The lowest BCUT2D eigenvalue weighted by Crippen LogP contribution is -2.13. The van der Waals surface area contributed by atoms with E-state index in [1.807, 2.05) is 0 Å². The zero-order chi connectivity index (χ0) is 11.6. The number of phenolic OH excluding ortho intramolecular Hbond substituents is 1. The summed E-state index contributed by atoms with van der Waals surface area (Å²) in [6, 6.07) is 1.61. The van der Waals surface area contributed by atoms with Gasteiger partial charge >= 0.3 is 0 Å². The van der Waals surface area contributed by atoms with Crippen LogP contribution in [0.4, 0.5) is 0 Å². The van der Waals surface area contributed by atoms with Gasteiger partial charge in [-0.3, -0.25) is 0 Å². The van der Waals surface area contributed by atoms with E-state index in [0.717, 1.165) is 5.56 Å². The molecule has 0 amide bonds. The molecule has 0 bridgehead atoms. The number of aromatic hydroxyl groups is 1. The predicted octanol–water partition coefficient (Wildman–Crippen LogP) is 1.35. The van der Waals surface area contributed by atoms with Crippen LogP contribution in [-0.2, 0) is 0 Å². The zero-order valence-corrected chi connectivity index (χ0v) is 9.38. The summed E-state index contributed by atoms with van der Waals surface area (Å²) in [6.45, 7) is 1.81. The van der Waals surface area contributed by atoms with Gasteiger partial charge in [-0.1, -0.05) is 11.6 Å². The van der Waals surface area contributed by atoms with E-state index in [4.69, 9.17) is 22.1 Å². The number of hydrogen-bond donors (Lipinski definition) is 3. The molecule has 0 aromatic heterocycles. The summed E-state index contributed by atoms with van der Waals surface area (Å²) in [6.07, 6.45) is -0.880. The average molecular weight is 232 g/mol. The van der Waals surface area contributed by atoms with Crippen LogP contribution in [0.5, 0.6) is 11.5 Å². The lowest BCUT2D eigenvalue weighted by atomic mass is 10.0. The molecule has 0 heterocycles. The van der Waals surface area contributed by atoms with Gasteiger partial charge in [-0.05, 0) is 18.6 Å². The fourth-order valence-corrected chi connectivity index (χ4v) is 1.80. The minimum Gasteiger partial charge on any atom is -0.503 e. The Morgan fingerprint density at radius 1 is 1.60 bits per heavy atom. The Labute approximate surface area is 93.2 Å². The molecule has 1 aromatic carbocycles. The molecule has 0 aliphatic carbocycles. The summed E-state index contributed by atoms with van der Waals surface area (Å²) in [4.78, 5) is 0. The van der Waals surface area contributed by atoms with E-state index < -0.39 is 6.10 Å². The minimum atomic E-state index is -0.880. The Hall–Kier alpha value is -0.970. The number of hydrogen-bond acceptors (Lipinski definition) is 4. The first-order valence-electron chi connectivity index (χ1n) is 4.47. The largest absolute Gasteiger partial charge is 0.503 e. The molecule has 1 atom stereocenters. The Morgan fingerprint density at radius 2 is 2.20 bits per heavy atom. The van der Waals surface area contributed by atoms with Crippen molar-refractivity contribution in [1.82, 2.24) is 0 Å². The van der Waals surface area contributed by atoms with Crippen LogP contribution < -0.4 is 10.5 Å². The van der Waals surface area contributed by atoms with Crippen LogP contribution in [0.2, 0.25) is 5.02 Å². The maximum Gasteiger partial charge on any atom is 0.177 e. The molecule has 15 heavy (non-hydrogen) atoms. The Bertz CT molecular complexity index is 368. The number of aliphatic hydroxyl groups is 1. The fourth-order valence-electron chi connectivity index (χ4n) is 1.43. The van der Waals surface area contributed by atoms with E-state index in [-0.39, 0.29) is 23.1 Å². The van der Waals surface area contributed by atoms with E-state index in [1.165, 1.54) is 7.11 Å². The Morgan fingerprint density at radius 3 is 2.67 bits per heavy atom. The highest BCUT2D eigenvalue weighted by molar-refractivity contribution is 6.33. The third-order valence-electron chi connectivity index (χ3n) is 2.23. The van der Waals surface area contributed by atoms with Crippen LogP contribution in [0.15, 0.2) is 6.07 Å². The second kappa shape index (κ2) is 4.70. The van der Waals surface area contributed by atoms with E-state index >= 15 is 0 Å². The number of halogens is 1. The number of nitrogens with two attached hydrogens (primary N) is 1. The number of benzene rings is 1. The molecule has 0 aliphatic heterocycles. The van der Waals surface area contributed by atoms with Crippen molar-refractivity contribution in [2.24, 2.45) is 5.73 Å². The van der Waals surface area contributed by atoms with E-state index in [1.54, 1.807) is 13.0 Å². The van der Waals surface area contributed by atoms with Crippen molar-refractivity contribution in [1.29, 1.82) is 0 Å². The average Bonchev–Trinajstić information content (AvgIpc) is 2.23. The lowest BCUT2D eigenvalue weighted by Gasteiger charge is -2.16. The van der Waals surface area contributed by atoms with Crippen molar-refractivity contribution in [2.45, 2.75) is 13.0 Å². The van der Waals surface area contributed by atoms with Crippen LogP contribution in [-0.4, -0.2) is 23.9 Å². The van der Waals surface area contributed by atoms with E-state index in [2.05, 4.69) is 0 Å². The summed E-state index contributed by atoms with van der Waals surface area (Å²) in [5, 5.41) is 19.3. The van der Waals surface area contributed by atoms with Gasteiger partial charge in [0.1, 0.15) is 0 Å². The maximum absolute atomic E-state index is 9.64. The van der Waals surface area contributed by atoms with Crippen molar-refractivity contribution in [3.05, 3.63) is 22.2 Å². The molecule has 0 saturated carbocycles. The van der Waals surface area contributed by atoms with Gasteiger partial charge in [-0.15, -0.1) is 0 Å². The molecular weight excluding hydrogens is 218 g/mol. The van der Waals surface area contributed by atoms with Gasteiger partial charge in [0, 0.05) is 12.1 Å². The number of methoxy groups -OCH3 is 1. The van der Waals surface area contributed by atoms with Gasteiger partial charge in [-0.2, -0.15) is 0 Å². The van der Waals surface area contributed by atoms with E-state index in [0.29, 0.717) is 5.56 Å². The predicted molar refractivity (Wildman–Crippen MR) is 58.4 cm³/mol. The first-order valence-corrected chi connectivity index (χ1v) is 4.84. The van der Waals surface area contributed by atoms with Gasteiger partial charge in [0.15, 0.2) is 11.5 Å². The monoisotopic (exact) mass is 231 g/mol. The minimum absolute atomic E-state index is 0.0479. The molecule has 4 nitrogen and oxygen atoms in total. The molecule has 1 rings (SSSR count). The number of phenols is 1. The molecule has 5 heteroatoms. The molecular formula is C10H14ClNO3. The second-order valence-electron chi connectivity index (χ2n) is 3.22. The van der Waals surface area contributed by atoms with Gasteiger partial charge in [0.25, 0.3) is 0 Å². The summed E-state index contributed by atoms with van der Waals surface area (Å²) in [5.74, 6) is 0.109. The topological polar surface area (TPSA) is 75.7 Å². The fraction of sp³-hybridized carbons (Fsp3) is 0.400. The summed E-state index contributed by atoms with van der Waals surface area (Å²) in [7, 11) is 1.43. The number of rotatable bonds is 3. The normalized spacial score (nSPS) is 12.6. The van der Waals surface area contributed by atoms with Crippen molar-refractivity contribution in [3.63, 3.8) is 0 Å². The van der Waals surface area contributed by atoms with Crippen LogP contribution in [0.25, 0.3) is 0 Å². The van der Waals surface area contributed by atoms with Gasteiger partial charge in [0.05, 0.1) is 18.2 Å². The Balaban J connectivity index is 3.35. The first kappa shape index (κ1) is 12.1. The molecule has 1 aromatic rings. The number of aryl methyl sites for hydroxylation is 1. The van der Waals surface area contributed by atoms with Crippen LogP contribution >= 0.6 is 11.6 Å². The highest BCUT2D eigenvalue weighted by Crippen LogP contribution is 2.40. The quantitative estimate of drug-likeness (QED) is 0.734. The van der Waals surface area contributed by atoms with Gasteiger partial charge in [-0.25, -0.2) is 0 Å². The smallest absolute Gasteiger partial charge is 0.177 e. The molecule has 0 spiro atoms. The summed E-state index contributed by atoms with van der Waals surface area (Å²) < 4.78 is 4.93. The lowest BCUT2D eigenvalue weighted by molar-refractivity contribution is 0.185. The first-order chi connectivity index (χ1) is 7.02. The van der Waals surface area contributed by atoms with Crippen molar-refractivity contribution >= 4 is 11.6 Å². The third kappa shape index (κ3) is 2.17. The van der Waals surface area contributed by atoms with Gasteiger partial charge in [0.2, 0.25) is 0 Å². The van der Waals surface area contributed by atoms with Gasteiger partial charge < -0.3 is 20.7 Å². The molecule has 0 saturated heterocycles. The highest BCUT2D eigenvalue weighted by atomic mass is 35.5.